The van der Waals surface area contributed by atoms with Crippen molar-refractivity contribution in [3.05, 3.63) is 50.8 Å². The van der Waals surface area contributed by atoms with Gasteiger partial charge in [0.25, 0.3) is 5.91 Å². The number of amides is 1. The number of aromatic nitrogens is 1. The lowest BCUT2D eigenvalue weighted by atomic mass is 10.1. The Morgan fingerprint density at radius 3 is 2.50 bits per heavy atom. The van der Waals surface area contributed by atoms with E-state index in [1.165, 1.54) is 0 Å². The summed E-state index contributed by atoms with van der Waals surface area (Å²) in [7, 11) is 1.69. The van der Waals surface area contributed by atoms with Gasteiger partial charge in [-0.05, 0) is 24.6 Å². The second kappa shape index (κ2) is 10.9. The minimum Gasteiger partial charge on any atom is -0.361 e. The number of carbonyl (C=O) groups is 1. The zero-order valence-corrected chi connectivity index (χ0v) is 17.7. The summed E-state index contributed by atoms with van der Waals surface area (Å²) in [5.74, 6) is 1.30. The first kappa shape index (κ1) is 22.0. The summed E-state index contributed by atoms with van der Waals surface area (Å²) in [5.41, 5.74) is 2.48. The van der Waals surface area contributed by atoms with Crippen LogP contribution >= 0.6 is 23.2 Å². The predicted molar refractivity (Wildman–Crippen MR) is 112 cm³/mol. The Labute approximate surface area is 174 Å². The van der Waals surface area contributed by atoms with E-state index in [1.54, 1.807) is 25.2 Å². The van der Waals surface area contributed by atoms with Crippen molar-refractivity contribution in [2.75, 3.05) is 20.1 Å². The van der Waals surface area contributed by atoms with Gasteiger partial charge >= 0.3 is 0 Å². The molecule has 9 heteroatoms. The molecule has 0 aliphatic carbocycles. The van der Waals surface area contributed by atoms with Gasteiger partial charge in [0.15, 0.2) is 5.96 Å². The Morgan fingerprint density at radius 2 is 1.86 bits per heavy atom. The van der Waals surface area contributed by atoms with E-state index in [4.69, 9.17) is 27.7 Å². The first-order valence-corrected chi connectivity index (χ1v) is 9.89. The molecule has 0 aliphatic heterocycles. The Balaban J connectivity index is 1.79. The molecule has 0 fully saturated rings. The van der Waals surface area contributed by atoms with Gasteiger partial charge in [-0.2, -0.15) is 0 Å². The molecule has 0 saturated heterocycles. The normalized spacial score (nSPS) is 11.4. The summed E-state index contributed by atoms with van der Waals surface area (Å²) >= 11 is 11.8. The van der Waals surface area contributed by atoms with Crippen molar-refractivity contribution in [2.24, 2.45) is 4.99 Å². The highest BCUT2D eigenvalue weighted by molar-refractivity contribution is 6.42. The minimum atomic E-state index is -0.215. The first-order chi connectivity index (χ1) is 13.5. The average molecular weight is 426 g/mol. The molecule has 152 valence electrons. The Kier molecular flexibility index (Phi) is 8.60. The van der Waals surface area contributed by atoms with Gasteiger partial charge in [-0.15, -0.1) is 0 Å². The summed E-state index contributed by atoms with van der Waals surface area (Å²) in [4.78, 5) is 16.3. The van der Waals surface area contributed by atoms with Crippen molar-refractivity contribution in [1.29, 1.82) is 0 Å². The van der Waals surface area contributed by atoms with Gasteiger partial charge in [0.05, 0.1) is 15.7 Å². The summed E-state index contributed by atoms with van der Waals surface area (Å²) < 4.78 is 5.37. The van der Waals surface area contributed by atoms with Crippen molar-refractivity contribution >= 4 is 35.1 Å². The Morgan fingerprint density at radius 1 is 1.11 bits per heavy atom. The summed E-state index contributed by atoms with van der Waals surface area (Å²) in [6.07, 6.45) is 1.60. The fourth-order valence-electron chi connectivity index (χ4n) is 2.63. The first-order valence-electron chi connectivity index (χ1n) is 9.14. The highest BCUT2D eigenvalue weighted by atomic mass is 35.5. The van der Waals surface area contributed by atoms with Gasteiger partial charge < -0.3 is 20.5 Å². The van der Waals surface area contributed by atoms with Crippen LogP contribution < -0.4 is 16.0 Å². The SMILES string of the molecule is CCc1noc(CC)c1CNC(=NC)NCCNC(=O)c1ccc(Cl)c(Cl)c1. The molecule has 1 amide bonds. The molecule has 0 atom stereocenters. The summed E-state index contributed by atoms with van der Waals surface area (Å²) in [6, 6.07) is 4.78. The Bertz CT molecular complexity index is 814. The zero-order valence-electron chi connectivity index (χ0n) is 16.2. The number of nitrogens with one attached hydrogen (secondary N) is 3. The van der Waals surface area contributed by atoms with Crippen LogP contribution in [0, 0.1) is 0 Å². The van der Waals surface area contributed by atoms with E-state index in [0.29, 0.717) is 41.2 Å². The highest BCUT2D eigenvalue weighted by Crippen LogP contribution is 2.22. The fraction of sp³-hybridized carbons (Fsp3) is 0.421. The molecule has 2 aromatic rings. The second-order valence-electron chi connectivity index (χ2n) is 5.98. The third kappa shape index (κ3) is 5.87. The molecule has 0 spiro atoms. The smallest absolute Gasteiger partial charge is 0.251 e. The number of hydrogen-bond donors (Lipinski definition) is 3. The van der Waals surface area contributed by atoms with Gasteiger partial charge in [-0.3, -0.25) is 9.79 Å². The molecule has 0 saturated carbocycles. The molecule has 28 heavy (non-hydrogen) atoms. The molecule has 0 unspecified atom stereocenters. The number of hydrogen-bond acceptors (Lipinski definition) is 4. The number of rotatable bonds is 8. The average Bonchev–Trinajstić information content (AvgIpc) is 3.11. The van der Waals surface area contributed by atoms with Crippen molar-refractivity contribution in [2.45, 2.75) is 33.2 Å². The van der Waals surface area contributed by atoms with E-state index in [0.717, 1.165) is 29.9 Å². The van der Waals surface area contributed by atoms with Crippen LogP contribution in [0.25, 0.3) is 0 Å². The largest absolute Gasteiger partial charge is 0.361 e. The van der Waals surface area contributed by atoms with Gasteiger partial charge in [0.2, 0.25) is 0 Å². The van der Waals surface area contributed by atoms with Gasteiger partial charge in [0, 0.05) is 44.2 Å². The summed E-state index contributed by atoms with van der Waals surface area (Å²) in [5, 5.41) is 14.1. The number of nitrogens with zero attached hydrogens (tertiary/aromatic N) is 2. The maximum Gasteiger partial charge on any atom is 0.251 e. The van der Waals surface area contributed by atoms with Crippen molar-refractivity contribution in [1.82, 2.24) is 21.1 Å². The van der Waals surface area contributed by atoms with Crippen molar-refractivity contribution in [3.8, 4) is 0 Å². The van der Waals surface area contributed by atoms with Gasteiger partial charge in [0.1, 0.15) is 5.76 Å². The molecule has 3 N–H and O–H groups in total. The minimum absolute atomic E-state index is 0.215. The molecular weight excluding hydrogens is 401 g/mol. The molecule has 7 nitrogen and oxygen atoms in total. The molecule has 0 aliphatic rings. The molecule has 0 bridgehead atoms. The lowest BCUT2D eigenvalue weighted by Gasteiger charge is -2.13. The lowest BCUT2D eigenvalue weighted by molar-refractivity contribution is 0.0954. The third-order valence-corrected chi connectivity index (χ3v) is 4.89. The maximum atomic E-state index is 12.1. The number of carbonyl (C=O) groups excluding carboxylic acids is 1. The molecule has 1 heterocycles. The van der Waals surface area contributed by atoms with Crippen LogP contribution in [0.4, 0.5) is 0 Å². The molecule has 2 rings (SSSR count). The van der Waals surface area contributed by atoms with E-state index >= 15 is 0 Å². The number of benzene rings is 1. The van der Waals surface area contributed by atoms with E-state index in [1.807, 2.05) is 13.8 Å². The summed E-state index contributed by atoms with van der Waals surface area (Å²) in [6.45, 7) is 5.59. The molecule has 0 radical (unpaired) electrons. The number of guanidine groups is 1. The molecule has 1 aromatic heterocycles. The zero-order chi connectivity index (χ0) is 20.5. The van der Waals surface area contributed by atoms with Crippen molar-refractivity contribution in [3.63, 3.8) is 0 Å². The van der Waals surface area contributed by atoms with Crippen LogP contribution in [0.15, 0.2) is 27.7 Å². The van der Waals surface area contributed by atoms with Crippen molar-refractivity contribution < 1.29 is 9.32 Å². The van der Waals surface area contributed by atoms with Gasteiger partial charge in [-0.1, -0.05) is 42.2 Å². The third-order valence-electron chi connectivity index (χ3n) is 4.15. The fourth-order valence-corrected chi connectivity index (χ4v) is 2.92. The van der Waals surface area contributed by atoms with E-state index < -0.39 is 0 Å². The highest BCUT2D eigenvalue weighted by Gasteiger charge is 2.13. The van der Waals surface area contributed by atoms with Gasteiger partial charge in [-0.25, -0.2) is 0 Å². The quantitative estimate of drug-likeness (QED) is 0.343. The van der Waals surface area contributed by atoms with E-state index in [9.17, 15) is 4.79 Å². The Hall–Kier alpha value is -2.25. The molecule has 1 aromatic carbocycles. The van der Waals surface area contributed by atoms with Crippen LogP contribution in [0.1, 0.15) is 41.2 Å². The van der Waals surface area contributed by atoms with Crippen LogP contribution in [0.2, 0.25) is 10.0 Å². The maximum absolute atomic E-state index is 12.1. The predicted octanol–water partition coefficient (Wildman–Crippen LogP) is 3.20. The van der Waals surface area contributed by atoms with Crippen LogP contribution in [-0.2, 0) is 19.4 Å². The standard InChI is InChI=1S/C19H25Cl2N5O2/c1-4-16-13(17(5-2)28-26-16)11-25-19(22-3)24-9-8-23-18(27)12-6-7-14(20)15(21)10-12/h6-7,10H,4-5,8-9,11H2,1-3H3,(H,23,27)(H2,22,24,25). The number of aliphatic imine (C=N–C) groups is 1. The topological polar surface area (TPSA) is 91.6 Å². The lowest BCUT2D eigenvalue weighted by Crippen LogP contribution is -2.41. The monoisotopic (exact) mass is 425 g/mol. The van der Waals surface area contributed by atoms with Crippen LogP contribution in [0.3, 0.4) is 0 Å². The van der Waals surface area contributed by atoms with Crippen LogP contribution in [-0.4, -0.2) is 37.2 Å². The number of aryl methyl sites for hydroxylation is 2. The van der Waals surface area contributed by atoms with E-state index in [-0.39, 0.29) is 5.91 Å². The molecular formula is C19H25Cl2N5O2. The second-order valence-corrected chi connectivity index (χ2v) is 6.79. The number of halogens is 2. The van der Waals surface area contributed by atoms with E-state index in [2.05, 4.69) is 26.1 Å². The van der Waals surface area contributed by atoms with Crippen LogP contribution in [0.5, 0.6) is 0 Å².